The number of aliphatic hydroxyl groups is 1. The smallest absolute Gasteiger partial charge is 0.243 e. The van der Waals surface area contributed by atoms with Gasteiger partial charge in [0.1, 0.15) is 6.04 Å². The minimum absolute atomic E-state index is 0.0103. The second kappa shape index (κ2) is 17.4. The van der Waals surface area contributed by atoms with Crippen molar-refractivity contribution >= 4 is 21.8 Å². The number of ether oxygens (including phenoxy) is 2. The van der Waals surface area contributed by atoms with Gasteiger partial charge in [0.15, 0.2) is 11.5 Å². The Bertz CT molecular complexity index is 1590. The molecule has 0 saturated carbocycles. The summed E-state index contributed by atoms with van der Waals surface area (Å²) < 4.78 is 39.8. The zero-order valence-corrected chi connectivity index (χ0v) is 28.9. The lowest BCUT2D eigenvalue weighted by atomic mass is 9.96. The predicted octanol–water partition coefficient (Wildman–Crippen LogP) is 3.47. The quantitative estimate of drug-likeness (QED) is 0.160. The first-order valence-corrected chi connectivity index (χ1v) is 17.9. The van der Waals surface area contributed by atoms with Crippen molar-refractivity contribution in [1.29, 1.82) is 0 Å². The lowest BCUT2D eigenvalue weighted by Crippen LogP contribution is -2.57. The number of aliphatic hydroxyl groups excluding tert-OH is 1. The van der Waals surface area contributed by atoms with Crippen LogP contribution in [0.4, 0.5) is 0 Å². The highest BCUT2D eigenvalue weighted by atomic mass is 32.2. The molecule has 0 radical (unpaired) electrons. The van der Waals surface area contributed by atoms with Gasteiger partial charge in [0, 0.05) is 25.7 Å². The largest absolute Gasteiger partial charge is 0.454 e. The lowest BCUT2D eigenvalue weighted by Gasteiger charge is -2.32. The van der Waals surface area contributed by atoms with Crippen molar-refractivity contribution in [2.24, 2.45) is 11.8 Å². The number of hydrogen-bond donors (Lipinski definition) is 4. The molecule has 1 aliphatic heterocycles. The van der Waals surface area contributed by atoms with Gasteiger partial charge in [-0.25, -0.2) is 8.42 Å². The number of rotatable bonds is 18. The van der Waals surface area contributed by atoms with Crippen LogP contribution in [0, 0.1) is 11.8 Å². The SMILES string of the molecule is CCC(C)C(NC(=O)CNCc1ccccc1)C(=O)NC(Cc1ccccc1)C(O)CN(CC(C)C)S(=O)(=O)c1ccc2c(c1)OCO2. The van der Waals surface area contributed by atoms with Crippen molar-refractivity contribution in [2.45, 2.75) is 70.2 Å². The fraction of sp³-hybridized carbons (Fsp3) is 0.444. The first kappa shape index (κ1) is 36.9. The van der Waals surface area contributed by atoms with E-state index < -0.39 is 34.1 Å². The van der Waals surface area contributed by atoms with Crippen LogP contribution in [-0.4, -0.2) is 74.3 Å². The van der Waals surface area contributed by atoms with Crippen LogP contribution < -0.4 is 25.4 Å². The predicted molar refractivity (Wildman–Crippen MR) is 184 cm³/mol. The van der Waals surface area contributed by atoms with Crippen molar-refractivity contribution in [3.63, 3.8) is 0 Å². The topological polar surface area (TPSA) is 146 Å². The Kier molecular flexibility index (Phi) is 13.4. The normalized spacial score (nSPS) is 15.1. The number of amides is 2. The Balaban J connectivity index is 1.51. The maximum Gasteiger partial charge on any atom is 0.243 e. The standard InChI is InChI=1S/C36H48N4O7S/c1-5-26(4)35(39-34(42)21-37-20-28-14-10-7-11-15-28)36(43)38-30(18-27-12-8-6-9-13-27)31(41)23-40(22-25(2)3)48(44,45)29-16-17-32-33(19-29)47-24-46-32/h6-17,19,25-26,30-31,35,37,41H,5,18,20-24H2,1-4H3,(H,38,43)(H,39,42). The zero-order chi connectivity index (χ0) is 34.7. The van der Waals surface area contributed by atoms with E-state index in [1.54, 1.807) is 6.07 Å². The molecule has 260 valence electrons. The molecule has 0 aliphatic carbocycles. The average Bonchev–Trinajstić information content (AvgIpc) is 3.55. The first-order chi connectivity index (χ1) is 23.0. The van der Waals surface area contributed by atoms with Crippen LogP contribution >= 0.6 is 0 Å². The van der Waals surface area contributed by atoms with Gasteiger partial charge < -0.3 is 30.5 Å². The summed E-state index contributed by atoms with van der Waals surface area (Å²) in [6.45, 7) is 8.01. The molecule has 11 nitrogen and oxygen atoms in total. The molecule has 0 saturated heterocycles. The third-order valence-electron chi connectivity index (χ3n) is 8.30. The fourth-order valence-electron chi connectivity index (χ4n) is 5.47. The van der Waals surface area contributed by atoms with E-state index in [-0.39, 0.29) is 55.5 Å². The van der Waals surface area contributed by atoms with Crippen molar-refractivity contribution < 1.29 is 32.6 Å². The second-order valence-electron chi connectivity index (χ2n) is 12.6. The van der Waals surface area contributed by atoms with E-state index in [0.29, 0.717) is 24.5 Å². The number of fused-ring (bicyclic) bond motifs is 1. The molecule has 4 rings (SSSR count). The number of carbonyl (C=O) groups is 2. The number of benzene rings is 3. The Labute approximate surface area is 284 Å². The van der Waals surface area contributed by atoms with Crippen LogP contribution in [0.2, 0.25) is 0 Å². The summed E-state index contributed by atoms with van der Waals surface area (Å²) in [5.41, 5.74) is 1.89. The van der Waals surface area contributed by atoms with E-state index in [1.165, 1.54) is 16.4 Å². The van der Waals surface area contributed by atoms with Gasteiger partial charge >= 0.3 is 0 Å². The average molecular weight is 681 g/mol. The summed E-state index contributed by atoms with van der Waals surface area (Å²) in [6, 6.07) is 21.8. The molecule has 4 atom stereocenters. The molecule has 0 spiro atoms. The molecule has 3 aromatic carbocycles. The van der Waals surface area contributed by atoms with Gasteiger partial charge in [-0.05, 0) is 41.5 Å². The Morgan fingerprint density at radius 1 is 0.875 bits per heavy atom. The number of sulfonamides is 1. The summed E-state index contributed by atoms with van der Waals surface area (Å²) in [5, 5.41) is 20.6. The van der Waals surface area contributed by atoms with Gasteiger partial charge in [-0.3, -0.25) is 9.59 Å². The molecule has 12 heteroatoms. The highest BCUT2D eigenvalue weighted by Crippen LogP contribution is 2.35. The van der Waals surface area contributed by atoms with Crippen LogP contribution in [0.3, 0.4) is 0 Å². The number of hydrogen-bond acceptors (Lipinski definition) is 8. The third-order valence-corrected chi connectivity index (χ3v) is 10.1. The highest BCUT2D eigenvalue weighted by Gasteiger charge is 2.34. The van der Waals surface area contributed by atoms with Gasteiger partial charge in [-0.15, -0.1) is 0 Å². The molecule has 0 aromatic heterocycles. The Morgan fingerprint density at radius 2 is 1.52 bits per heavy atom. The monoisotopic (exact) mass is 680 g/mol. The summed E-state index contributed by atoms with van der Waals surface area (Å²) in [5.74, 6) is -0.238. The van der Waals surface area contributed by atoms with Gasteiger partial charge in [-0.2, -0.15) is 4.31 Å². The molecule has 1 heterocycles. The Hall–Kier alpha value is -3.97. The molecule has 4 unspecified atom stereocenters. The molecular formula is C36H48N4O7S. The number of nitrogens with zero attached hydrogens (tertiary/aromatic N) is 1. The van der Waals surface area contributed by atoms with Crippen molar-refractivity contribution in [3.05, 3.63) is 90.0 Å². The Morgan fingerprint density at radius 3 is 2.17 bits per heavy atom. The van der Waals surface area contributed by atoms with Crippen molar-refractivity contribution in [3.8, 4) is 11.5 Å². The van der Waals surface area contributed by atoms with Crippen LogP contribution in [0.25, 0.3) is 0 Å². The summed E-state index contributed by atoms with van der Waals surface area (Å²) in [4.78, 5) is 26.8. The molecule has 48 heavy (non-hydrogen) atoms. The van der Waals surface area contributed by atoms with Crippen molar-refractivity contribution in [1.82, 2.24) is 20.3 Å². The second-order valence-corrected chi connectivity index (χ2v) is 14.6. The maximum atomic E-state index is 13.9. The highest BCUT2D eigenvalue weighted by molar-refractivity contribution is 7.89. The molecule has 2 amide bonds. The summed E-state index contributed by atoms with van der Waals surface area (Å²) >= 11 is 0. The molecule has 1 aliphatic rings. The molecular weight excluding hydrogens is 632 g/mol. The first-order valence-electron chi connectivity index (χ1n) is 16.4. The third kappa shape index (κ3) is 10.3. The van der Waals surface area contributed by atoms with Crippen LogP contribution in [0.15, 0.2) is 83.8 Å². The van der Waals surface area contributed by atoms with E-state index in [2.05, 4.69) is 16.0 Å². The number of carbonyl (C=O) groups excluding carboxylic acids is 2. The van der Waals surface area contributed by atoms with Gasteiger partial charge in [0.05, 0.1) is 23.6 Å². The molecule has 4 N–H and O–H groups in total. The van der Waals surface area contributed by atoms with E-state index in [4.69, 9.17) is 9.47 Å². The van der Waals surface area contributed by atoms with Gasteiger partial charge in [-0.1, -0.05) is 94.8 Å². The van der Waals surface area contributed by atoms with E-state index in [0.717, 1.165) is 11.1 Å². The molecule has 3 aromatic rings. The molecule has 0 fully saturated rings. The zero-order valence-electron chi connectivity index (χ0n) is 28.1. The van der Waals surface area contributed by atoms with E-state index in [9.17, 15) is 23.1 Å². The van der Waals surface area contributed by atoms with Crippen LogP contribution in [0.1, 0.15) is 45.2 Å². The van der Waals surface area contributed by atoms with Gasteiger partial charge in [0.2, 0.25) is 28.6 Å². The molecule has 0 bridgehead atoms. The van der Waals surface area contributed by atoms with Gasteiger partial charge in [0.25, 0.3) is 0 Å². The van der Waals surface area contributed by atoms with Crippen molar-refractivity contribution in [2.75, 3.05) is 26.4 Å². The maximum absolute atomic E-state index is 13.9. The van der Waals surface area contributed by atoms with Crippen LogP contribution in [0.5, 0.6) is 11.5 Å². The minimum Gasteiger partial charge on any atom is -0.454 e. The summed E-state index contributed by atoms with van der Waals surface area (Å²) in [6.07, 6.45) is -0.414. The van der Waals surface area contributed by atoms with E-state index >= 15 is 0 Å². The minimum atomic E-state index is -4.07. The van der Waals surface area contributed by atoms with E-state index in [1.807, 2.05) is 88.4 Å². The lowest BCUT2D eigenvalue weighted by molar-refractivity contribution is -0.131. The fourth-order valence-corrected chi connectivity index (χ4v) is 7.10. The van der Waals surface area contributed by atoms with Crippen LogP contribution in [-0.2, 0) is 32.6 Å². The summed E-state index contributed by atoms with van der Waals surface area (Å²) in [7, 11) is -4.07. The number of nitrogens with one attached hydrogen (secondary N) is 3.